The minimum Gasteiger partial charge on any atom is -0.488 e. The van der Waals surface area contributed by atoms with Crippen molar-refractivity contribution in [3.8, 4) is 5.75 Å². The van der Waals surface area contributed by atoms with Crippen molar-refractivity contribution in [1.82, 2.24) is 4.57 Å². The van der Waals surface area contributed by atoms with Gasteiger partial charge in [-0.3, -0.25) is 9.36 Å². The summed E-state index contributed by atoms with van der Waals surface area (Å²) in [7, 11) is 0. The predicted molar refractivity (Wildman–Crippen MR) is 174 cm³/mol. The first kappa shape index (κ1) is 26.5. The quantitative estimate of drug-likeness (QED) is 0.212. The van der Waals surface area contributed by atoms with Crippen molar-refractivity contribution in [2.75, 3.05) is 0 Å². The van der Waals surface area contributed by atoms with Gasteiger partial charge in [-0.2, -0.15) is 0 Å². The van der Waals surface area contributed by atoms with Gasteiger partial charge >= 0.3 is 0 Å². The molecule has 0 bridgehead atoms. The molecule has 4 nitrogen and oxygen atoms in total. The Hall–Kier alpha value is -5.07. The van der Waals surface area contributed by atoms with Crippen LogP contribution < -0.4 is 19.6 Å². The second-order valence-corrected chi connectivity index (χ2v) is 12.1. The lowest BCUT2D eigenvalue weighted by Gasteiger charge is -2.30. The van der Waals surface area contributed by atoms with Crippen LogP contribution in [0.2, 0.25) is 0 Å². The average molecular weight is 595 g/mol. The predicted octanol–water partition coefficient (Wildman–Crippen LogP) is 7.19. The molecule has 1 aromatic heterocycles. The third-order valence-electron chi connectivity index (χ3n) is 8.50. The van der Waals surface area contributed by atoms with Gasteiger partial charge < -0.3 is 4.74 Å². The number of thiazole rings is 1. The normalized spacial score (nSPS) is 15.8. The number of hydrogen-bond donors (Lipinski definition) is 0. The number of halogens is 1. The molecule has 0 N–H and O–H groups in total. The molecular weight excluding hydrogens is 567 g/mol. The molecule has 2 heterocycles. The number of rotatable bonds is 5. The van der Waals surface area contributed by atoms with Gasteiger partial charge in [0, 0.05) is 11.1 Å². The third-order valence-corrected chi connectivity index (χ3v) is 9.48. The molecule has 44 heavy (non-hydrogen) atoms. The van der Waals surface area contributed by atoms with Gasteiger partial charge in [0.1, 0.15) is 18.2 Å². The van der Waals surface area contributed by atoms with Crippen molar-refractivity contribution in [3.63, 3.8) is 0 Å². The zero-order valence-electron chi connectivity index (χ0n) is 23.7. The SMILES string of the molecule is O=c1/c(=C\c2c(OCc3ccccc3)ccc3ccccc23)sc2n1[C@@H](c1ccc(F)cc1)C1=C(N=2)c2ccccc2CC1. The highest BCUT2D eigenvalue weighted by molar-refractivity contribution is 7.07. The monoisotopic (exact) mass is 594 g/mol. The summed E-state index contributed by atoms with van der Waals surface area (Å²) < 4.78 is 22.8. The lowest BCUT2D eigenvalue weighted by molar-refractivity contribution is 0.306. The lowest BCUT2D eigenvalue weighted by Crippen LogP contribution is -2.38. The molecule has 6 heteroatoms. The van der Waals surface area contributed by atoms with Crippen LogP contribution in [0.3, 0.4) is 0 Å². The Morgan fingerprint density at radius 2 is 1.64 bits per heavy atom. The van der Waals surface area contributed by atoms with Gasteiger partial charge in [-0.1, -0.05) is 108 Å². The topological polar surface area (TPSA) is 43.6 Å². The van der Waals surface area contributed by atoms with E-state index in [2.05, 4.69) is 36.4 Å². The van der Waals surface area contributed by atoms with E-state index < -0.39 is 0 Å². The number of aromatic nitrogens is 1. The zero-order chi connectivity index (χ0) is 29.6. The Morgan fingerprint density at radius 1 is 0.864 bits per heavy atom. The van der Waals surface area contributed by atoms with Crippen LogP contribution in [0.5, 0.6) is 5.75 Å². The molecule has 1 atom stereocenters. The maximum absolute atomic E-state index is 14.4. The number of nitrogens with zero attached hydrogens (tertiary/aromatic N) is 2. The molecule has 0 spiro atoms. The number of benzene rings is 5. The van der Waals surface area contributed by atoms with Gasteiger partial charge in [0.05, 0.1) is 16.3 Å². The minimum atomic E-state index is -0.362. The van der Waals surface area contributed by atoms with Crippen molar-refractivity contribution in [3.05, 3.63) is 174 Å². The largest absolute Gasteiger partial charge is 0.488 e. The van der Waals surface area contributed by atoms with Crippen LogP contribution in [0.15, 0.2) is 131 Å². The Morgan fingerprint density at radius 3 is 2.50 bits per heavy atom. The highest BCUT2D eigenvalue weighted by Gasteiger charge is 2.32. The molecule has 214 valence electrons. The van der Waals surface area contributed by atoms with Gasteiger partial charge in [-0.25, -0.2) is 9.38 Å². The first-order chi connectivity index (χ1) is 21.6. The minimum absolute atomic E-state index is 0.115. The average Bonchev–Trinajstić information content (AvgIpc) is 3.38. The molecular formula is C38H27FN2O2S. The fourth-order valence-corrected chi connectivity index (χ4v) is 7.37. The van der Waals surface area contributed by atoms with E-state index in [-0.39, 0.29) is 17.4 Å². The lowest BCUT2D eigenvalue weighted by atomic mass is 9.83. The Labute approximate surface area is 257 Å². The van der Waals surface area contributed by atoms with E-state index >= 15 is 0 Å². The van der Waals surface area contributed by atoms with Crippen LogP contribution in [0.4, 0.5) is 4.39 Å². The van der Waals surface area contributed by atoms with E-state index in [1.165, 1.54) is 29.0 Å². The molecule has 2 aliphatic rings. The summed E-state index contributed by atoms with van der Waals surface area (Å²) in [6.07, 6.45) is 3.60. The van der Waals surface area contributed by atoms with Crippen LogP contribution in [0.1, 0.15) is 40.3 Å². The van der Waals surface area contributed by atoms with E-state index in [4.69, 9.17) is 9.73 Å². The zero-order valence-corrected chi connectivity index (χ0v) is 24.6. The smallest absolute Gasteiger partial charge is 0.271 e. The van der Waals surface area contributed by atoms with Gasteiger partial charge in [-0.05, 0) is 70.2 Å². The maximum atomic E-state index is 14.4. The summed E-state index contributed by atoms with van der Waals surface area (Å²) in [6.45, 7) is 0.415. The van der Waals surface area contributed by atoms with Crippen molar-refractivity contribution in [2.45, 2.75) is 25.5 Å². The van der Waals surface area contributed by atoms with Crippen molar-refractivity contribution >= 4 is 33.9 Å². The summed E-state index contributed by atoms with van der Waals surface area (Å²) >= 11 is 1.38. The molecule has 0 saturated heterocycles. The summed E-state index contributed by atoms with van der Waals surface area (Å²) in [4.78, 5) is 20.1. The third kappa shape index (κ3) is 4.59. The second-order valence-electron chi connectivity index (χ2n) is 11.1. The molecule has 1 aliphatic carbocycles. The Balaban J connectivity index is 1.33. The summed E-state index contributed by atoms with van der Waals surface area (Å²) in [6, 6.07) is 36.7. The fraction of sp³-hybridized carbons (Fsp3) is 0.105. The highest BCUT2D eigenvalue weighted by Crippen LogP contribution is 2.41. The van der Waals surface area contributed by atoms with E-state index in [9.17, 15) is 9.18 Å². The number of ether oxygens (including phenoxy) is 1. The fourth-order valence-electron chi connectivity index (χ4n) is 6.38. The standard InChI is InChI=1S/C38H27FN2O2S/c39-28-18-14-27(15-19-28)36-31-20-16-26-11-5-7-13-30(26)35(31)40-38-41(36)37(42)34(44-38)22-32-29-12-6-4-10-25(29)17-21-33(32)43-23-24-8-2-1-3-9-24/h1-15,17-19,21-22,36H,16,20,23H2/b34-22+/t36-/m0/s1. The van der Waals surface area contributed by atoms with E-state index in [1.54, 1.807) is 16.7 Å². The van der Waals surface area contributed by atoms with E-state index in [0.29, 0.717) is 21.7 Å². The molecule has 0 unspecified atom stereocenters. The number of aryl methyl sites for hydroxylation is 1. The van der Waals surface area contributed by atoms with Crippen molar-refractivity contribution < 1.29 is 9.13 Å². The van der Waals surface area contributed by atoms with Gasteiger partial charge in [-0.15, -0.1) is 0 Å². The molecule has 5 aromatic carbocycles. The Kier molecular flexibility index (Phi) is 6.57. The van der Waals surface area contributed by atoms with Crippen LogP contribution >= 0.6 is 11.3 Å². The number of fused-ring (bicyclic) bond motifs is 4. The van der Waals surface area contributed by atoms with Crippen LogP contribution in [-0.4, -0.2) is 4.57 Å². The summed E-state index contributed by atoms with van der Waals surface area (Å²) in [5.41, 5.74) is 7.05. The van der Waals surface area contributed by atoms with Crippen LogP contribution in [-0.2, 0) is 13.0 Å². The molecule has 0 fully saturated rings. The summed E-state index contributed by atoms with van der Waals surface area (Å²) in [5, 5.41) is 2.07. The molecule has 6 aromatic rings. The Bertz CT molecular complexity index is 2270. The van der Waals surface area contributed by atoms with Gasteiger partial charge in [0.25, 0.3) is 5.56 Å². The van der Waals surface area contributed by atoms with Crippen molar-refractivity contribution in [2.24, 2.45) is 4.99 Å². The van der Waals surface area contributed by atoms with E-state index in [0.717, 1.165) is 57.1 Å². The number of hydrogen-bond acceptors (Lipinski definition) is 4. The van der Waals surface area contributed by atoms with Crippen LogP contribution in [0.25, 0.3) is 22.5 Å². The second kappa shape index (κ2) is 10.9. The summed E-state index contributed by atoms with van der Waals surface area (Å²) in [5.74, 6) is 0.407. The molecule has 0 radical (unpaired) electrons. The molecule has 0 amide bonds. The van der Waals surface area contributed by atoms with Gasteiger partial charge in [0.2, 0.25) is 0 Å². The molecule has 1 aliphatic heterocycles. The number of allylic oxidation sites excluding steroid dienone is 1. The molecule has 8 rings (SSSR count). The van der Waals surface area contributed by atoms with Gasteiger partial charge in [0.15, 0.2) is 4.80 Å². The highest BCUT2D eigenvalue weighted by atomic mass is 32.1. The van der Waals surface area contributed by atoms with Crippen molar-refractivity contribution in [1.29, 1.82) is 0 Å². The first-order valence-corrected chi connectivity index (χ1v) is 15.5. The van der Waals surface area contributed by atoms with Crippen LogP contribution in [0, 0.1) is 5.82 Å². The maximum Gasteiger partial charge on any atom is 0.271 e. The van der Waals surface area contributed by atoms with E-state index in [1.807, 2.05) is 60.7 Å². The first-order valence-electron chi connectivity index (χ1n) is 14.7. The molecule has 0 saturated carbocycles.